The number of fused-ring (bicyclic) bond motifs is 1. The summed E-state index contributed by atoms with van der Waals surface area (Å²) in [5.74, 6) is -0.881. The normalized spacial score (nSPS) is 14.3. The standard InChI is InChI=1S/C16H22N2O4S/c1-3-9-23(21,22)11-16(20)18-8-7-14-13(10-18)5-4-6-15(14)17-12(2)19/h4-6H,3,7-11H2,1-2H3,(H,17,19). The molecule has 0 spiro atoms. The molecule has 0 atom stereocenters. The third-order valence-electron chi connectivity index (χ3n) is 3.79. The molecule has 0 aromatic heterocycles. The Bertz CT molecular complexity index is 713. The molecule has 1 N–H and O–H groups in total. The topological polar surface area (TPSA) is 83.6 Å². The third kappa shape index (κ3) is 4.54. The van der Waals surface area contributed by atoms with Crippen molar-refractivity contribution in [3.63, 3.8) is 0 Å². The summed E-state index contributed by atoms with van der Waals surface area (Å²) < 4.78 is 23.6. The lowest BCUT2D eigenvalue weighted by Gasteiger charge is -2.30. The van der Waals surface area contributed by atoms with Crippen LogP contribution in [-0.4, -0.2) is 43.2 Å². The Kier molecular flexibility index (Phi) is 5.41. The molecule has 1 heterocycles. The van der Waals surface area contributed by atoms with Crippen LogP contribution >= 0.6 is 0 Å². The SMILES string of the molecule is CCCS(=O)(=O)CC(=O)N1CCc2c(cccc2NC(C)=O)C1. The average Bonchev–Trinajstić information content (AvgIpc) is 2.45. The number of amides is 2. The Hall–Kier alpha value is -1.89. The maximum Gasteiger partial charge on any atom is 0.238 e. The van der Waals surface area contributed by atoms with Gasteiger partial charge in [0, 0.05) is 25.7 Å². The molecule has 0 fully saturated rings. The van der Waals surface area contributed by atoms with Crippen LogP contribution in [0.5, 0.6) is 0 Å². The fourth-order valence-electron chi connectivity index (χ4n) is 2.79. The molecule has 0 bridgehead atoms. The van der Waals surface area contributed by atoms with E-state index in [1.165, 1.54) is 6.92 Å². The van der Waals surface area contributed by atoms with E-state index in [0.29, 0.717) is 25.9 Å². The Balaban J connectivity index is 2.12. The van der Waals surface area contributed by atoms with Gasteiger partial charge in [-0.15, -0.1) is 0 Å². The van der Waals surface area contributed by atoms with Crippen LogP contribution in [0.25, 0.3) is 0 Å². The molecule has 1 aliphatic rings. The summed E-state index contributed by atoms with van der Waals surface area (Å²) in [6, 6.07) is 5.57. The van der Waals surface area contributed by atoms with Gasteiger partial charge in [-0.2, -0.15) is 0 Å². The van der Waals surface area contributed by atoms with Gasteiger partial charge in [0.25, 0.3) is 0 Å². The van der Waals surface area contributed by atoms with Crippen molar-refractivity contribution in [3.8, 4) is 0 Å². The maximum absolute atomic E-state index is 12.2. The molecule has 0 unspecified atom stereocenters. The second-order valence-corrected chi connectivity index (χ2v) is 7.97. The quantitative estimate of drug-likeness (QED) is 0.878. The number of anilines is 1. The Morgan fingerprint density at radius 1 is 1.30 bits per heavy atom. The van der Waals surface area contributed by atoms with Crippen LogP contribution in [0.4, 0.5) is 5.69 Å². The zero-order chi connectivity index (χ0) is 17.0. The first-order chi connectivity index (χ1) is 10.8. The summed E-state index contributed by atoms with van der Waals surface area (Å²) in [6.07, 6.45) is 1.11. The van der Waals surface area contributed by atoms with Crippen LogP contribution in [0.2, 0.25) is 0 Å². The molecule has 1 aromatic carbocycles. The molecule has 1 aromatic rings. The lowest BCUT2D eigenvalue weighted by Crippen LogP contribution is -2.40. The number of nitrogens with zero attached hydrogens (tertiary/aromatic N) is 1. The van der Waals surface area contributed by atoms with Gasteiger partial charge in [0.15, 0.2) is 9.84 Å². The van der Waals surface area contributed by atoms with Gasteiger partial charge in [-0.05, 0) is 30.0 Å². The minimum absolute atomic E-state index is 0.0375. The highest BCUT2D eigenvalue weighted by molar-refractivity contribution is 7.92. The molecule has 0 aliphatic carbocycles. The van der Waals surface area contributed by atoms with E-state index in [-0.39, 0.29) is 17.6 Å². The minimum Gasteiger partial charge on any atom is -0.337 e. The van der Waals surface area contributed by atoms with Gasteiger partial charge in [-0.25, -0.2) is 8.42 Å². The smallest absolute Gasteiger partial charge is 0.238 e. The number of benzene rings is 1. The number of carbonyl (C=O) groups is 2. The minimum atomic E-state index is -3.33. The van der Waals surface area contributed by atoms with Crippen LogP contribution in [-0.2, 0) is 32.4 Å². The molecule has 6 nitrogen and oxygen atoms in total. The first kappa shape index (κ1) is 17.5. The van der Waals surface area contributed by atoms with Crippen molar-refractivity contribution >= 4 is 27.3 Å². The number of carbonyl (C=O) groups excluding carboxylic acids is 2. The lowest BCUT2D eigenvalue weighted by atomic mass is 9.97. The van der Waals surface area contributed by atoms with E-state index in [9.17, 15) is 18.0 Å². The molecule has 7 heteroatoms. The maximum atomic E-state index is 12.2. The molecule has 0 saturated carbocycles. The number of hydrogen-bond acceptors (Lipinski definition) is 4. The van der Waals surface area contributed by atoms with Gasteiger partial charge in [0.2, 0.25) is 11.8 Å². The third-order valence-corrected chi connectivity index (χ3v) is 5.50. The average molecular weight is 338 g/mol. The van der Waals surface area contributed by atoms with Gasteiger partial charge in [-0.3, -0.25) is 9.59 Å². The molecule has 1 aliphatic heterocycles. The summed E-state index contributed by atoms with van der Waals surface area (Å²) in [5, 5.41) is 2.79. The highest BCUT2D eigenvalue weighted by Gasteiger charge is 2.25. The Morgan fingerprint density at radius 2 is 2.04 bits per heavy atom. The van der Waals surface area contributed by atoms with Crippen molar-refractivity contribution in [2.24, 2.45) is 0 Å². The van der Waals surface area contributed by atoms with E-state index < -0.39 is 15.6 Å². The molecular formula is C16H22N2O4S. The second-order valence-electron chi connectivity index (χ2n) is 5.78. The fourth-order valence-corrected chi connectivity index (χ4v) is 4.12. The summed E-state index contributed by atoms with van der Waals surface area (Å²) in [6.45, 7) is 4.08. The van der Waals surface area contributed by atoms with Gasteiger partial charge >= 0.3 is 0 Å². The van der Waals surface area contributed by atoms with Crippen molar-refractivity contribution < 1.29 is 18.0 Å². The van der Waals surface area contributed by atoms with E-state index in [1.54, 1.807) is 11.8 Å². The summed E-state index contributed by atoms with van der Waals surface area (Å²) in [7, 11) is -3.33. The van der Waals surface area contributed by atoms with Crippen molar-refractivity contribution in [3.05, 3.63) is 29.3 Å². The summed E-state index contributed by atoms with van der Waals surface area (Å²) in [4.78, 5) is 25.1. The van der Waals surface area contributed by atoms with Crippen LogP contribution in [0.3, 0.4) is 0 Å². The zero-order valence-electron chi connectivity index (χ0n) is 13.5. The van der Waals surface area contributed by atoms with Gasteiger partial charge in [0.1, 0.15) is 5.75 Å². The number of rotatable bonds is 5. The van der Waals surface area contributed by atoms with E-state index in [0.717, 1.165) is 16.8 Å². The van der Waals surface area contributed by atoms with Crippen LogP contribution < -0.4 is 5.32 Å². The largest absolute Gasteiger partial charge is 0.337 e. The lowest BCUT2D eigenvalue weighted by molar-refractivity contribution is -0.129. The predicted molar refractivity (Wildman–Crippen MR) is 88.8 cm³/mol. The van der Waals surface area contributed by atoms with Gasteiger partial charge < -0.3 is 10.2 Å². The molecule has 2 amide bonds. The van der Waals surface area contributed by atoms with Crippen molar-refractivity contribution in [2.75, 3.05) is 23.4 Å². The number of sulfone groups is 1. The van der Waals surface area contributed by atoms with E-state index in [1.807, 2.05) is 18.2 Å². The number of nitrogens with one attached hydrogen (secondary N) is 1. The highest BCUT2D eigenvalue weighted by atomic mass is 32.2. The molecular weight excluding hydrogens is 316 g/mol. The van der Waals surface area contributed by atoms with Crippen molar-refractivity contribution in [1.82, 2.24) is 4.90 Å². The molecule has 0 radical (unpaired) electrons. The first-order valence-electron chi connectivity index (χ1n) is 7.69. The van der Waals surface area contributed by atoms with Gasteiger partial charge in [-0.1, -0.05) is 19.1 Å². The molecule has 126 valence electrons. The van der Waals surface area contributed by atoms with Crippen molar-refractivity contribution in [1.29, 1.82) is 0 Å². The summed E-state index contributed by atoms with van der Waals surface area (Å²) >= 11 is 0. The Morgan fingerprint density at radius 3 is 2.70 bits per heavy atom. The van der Waals surface area contributed by atoms with Crippen LogP contribution in [0, 0.1) is 0 Å². The molecule has 0 saturated heterocycles. The monoisotopic (exact) mass is 338 g/mol. The number of hydrogen-bond donors (Lipinski definition) is 1. The van der Waals surface area contributed by atoms with E-state index in [4.69, 9.17) is 0 Å². The first-order valence-corrected chi connectivity index (χ1v) is 9.51. The van der Waals surface area contributed by atoms with E-state index in [2.05, 4.69) is 5.32 Å². The predicted octanol–water partition coefficient (Wildman–Crippen LogP) is 1.35. The zero-order valence-corrected chi connectivity index (χ0v) is 14.3. The molecule has 2 rings (SSSR count). The van der Waals surface area contributed by atoms with Crippen LogP contribution in [0.1, 0.15) is 31.4 Å². The van der Waals surface area contributed by atoms with Crippen molar-refractivity contribution in [2.45, 2.75) is 33.2 Å². The summed E-state index contributed by atoms with van der Waals surface area (Å²) in [5.41, 5.74) is 2.73. The van der Waals surface area contributed by atoms with Crippen LogP contribution in [0.15, 0.2) is 18.2 Å². The Labute approximate surface area is 136 Å². The second kappa shape index (κ2) is 7.12. The fraction of sp³-hybridized carbons (Fsp3) is 0.500. The molecule has 23 heavy (non-hydrogen) atoms. The van der Waals surface area contributed by atoms with Gasteiger partial charge in [0.05, 0.1) is 5.75 Å². The highest BCUT2D eigenvalue weighted by Crippen LogP contribution is 2.26. The van der Waals surface area contributed by atoms with E-state index >= 15 is 0 Å².